The van der Waals surface area contributed by atoms with Gasteiger partial charge in [-0.05, 0) is 69.2 Å². The predicted octanol–water partition coefficient (Wildman–Crippen LogP) is 3.11. The lowest BCUT2D eigenvalue weighted by molar-refractivity contribution is 0.191. The molecule has 24 heavy (non-hydrogen) atoms. The number of nitrogens with one attached hydrogen (secondary N) is 2. The zero-order chi connectivity index (χ0) is 17.4. The van der Waals surface area contributed by atoms with E-state index in [4.69, 9.17) is 21.7 Å². The molecule has 0 saturated carbocycles. The van der Waals surface area contributed by atoms with Gasteiger partial charge in [0.1, 0.15) is 0 Å². The first-order chi connectivity index (χ1) is 11.6. The number of rotatable bonds is 7. The van der Waals surface area contributed by atoms with Crippen molar-refractivity contribution in [1.82, 2.24) is 10.2 Å². The molecule has 1 heterocycles. The predicted molar refractivity (Wildman–Crippen MR) is 103 cm³/mol. The van der Waals surface area contributed by atoms with E-state index in [1.54, 1.807) is 14.2 Å². The third-order valence-electron chi connectivity index (χ3n) is 4.45. The Hall–Kier alpha value is -1.53. The van der Waals surface area contributed by atoms with E-state index in [1.165, 1.54) is 25.9 Å². The summed E-state index contributed by atoms with van der Waals surface area (Å²) in [4.78, 5) is 2.55. The lowest BCUT2D eigenvalue weighted by Crippen LogP contribution is -2.36. The molecule has 1 aromatic carbocycles. The maximum Gasteiger partial charge on any atom is 0.170 e. The molecule has 1 aromatic rings. The highest BCUT2D eigenvalue weighted by atomic mass is 32.1. The number of hydrogen-bond acceptors (Lipinski definition) is 4. The zero-order valence-corrected chi connectivity index (χ0v) is 15.7. The molecule has 1 fully saturated rings. The lowest BCUT2D eigenvalue weighted by atomic mass is 9.99. The van der Waals surface area contributed by atoms with Crippen LogP contribution in [-0.4, -0.2) is 50.4 Å². The molecule has 2 N–H and O–H groups in total. The van der Waals surface area contributed by atoms with Crippen LogP contribution in [0.1, 0.15) is 26.2 Å². The molecular formula is C18H29N3O2S. The number of hydrogen-bond donors (Lipinski definition) is 2. The summed E-state index contributed by atoms with van der Waals surface area (Å²) >= 11 is 5.35. The fourth-order valence-corrected chi connectivity index (χ4v) is 3.10. The molecule has 2 rings (SSSR count). The third kappa shape index (κ3) is 5.83. The quantitative estimate of drug-likeness (QED) is 0.581. The summed E-state index contributed by atoms with van der Waals surface area (Å²) in [5, 5.41) is 7.08. The van der Waals surface area contributed by atoms with Gasteiger partial charge in [-0.25, -0.2) is 0 Å². The van der Waals surface area contributed by atoms with Crippen molar-refractivity contribution in [2.45, 2.75) is 26.2 Å². The molecule has 5 nitrogen and oxygen atoms in total. The topological polar surface area (TPSA) is 45.8 Å². The summed E-state index contributed by atoms with van der Waals surface area (Å²) in [6.07, 6.45) is 3.75. The minimum absolute atomic E-state index is 0.634. The van der Waals surface area contributed by atoms with Crippen molar-refractivity contribution < 1.29 is 9.47 Å². The molecule has 1 saturated heterocycles. The Kier molecular flexibility index (Phi) is 7.59. The summed E-state index contributed by atoms with van der Waals surface area (Å²) in [7, 11) is 3.25. The number of thiocarbonyl (C=S) groups is 1. The van der Waals surface area contributed by atoms with Gasteiger partial charge in [-0.2, -0.15) is 0 Å². The maximum atomic E-state index is 5.35. The van der Waals surface area contributed by atoms with Crippen LogP contribution in [0, 0.1) is 5.92 Å². The van der Waals surface area contributed by atoms with E-state index in [1.807, 2.05) is 18.2 Å². The summed E-state index contributed by atoms with van der Waals surface area (Å²) in [5.41, 5.74) is 0.884. The van der Waals surface area contributed by atoms with Gasteiger partial charge in [-0.3, -0.25) is 0 Å². The number of likely N-dealkylation sites (tertiary alicyclic amines) is 1. The molecule has 0 unspecified atom stereocenters. The highest BCUT2D eigenvalue weighted by molar-refractivity contribution is 7.80. The number of piperidine rings is 1. The Bertz CT molecular complexity index is 531. The van der Waals surface area contributed by atoms with Gasteiger partial charge in [0, 0.05) is 18.3 Å². The molecule has 0 radical (unpaired) electrons. The Morgan fingerprint density at radius 3 is 2.58 bits per heavy atom. The van der Waals surface area contributed by atoms with Crippen LogP contribution < -0.4 is 20.1 Å². The van der Waals surface area contributed by atoms with Crippen molar-refractivity contribution in [3.8, 4) is 11.5 Å². The van der Waals surface area contributed by atoms with Gasteiger partial charge in [0.25, 0.3) is 0 Å². The maximum absolute atomic E-state index is 5.35. The van der Waals surface area contributed by atoms with Gasteiger partial charge < -0.3 is 25.0 Å². The summed E-state index contributed by atoms with van der Waals surface area (Å²) in [6.45, 7) is 6.83. The molecule has 1 aliphatic rings. The van der Waals surface area contributed by atoms with Crippen molar-refractivity contribution in [1.29, 1.82) is 0 Å². The van der Waals surface area contributed by atoms with Crippen LogP contribution >= 0.6 is 12.2 Å². The van der Waals surface area contributed by atoms with Crippen LogP contribution in [0.2, 0.25) is 0 Å². The molecule has 0 aliphatic carbocycles. The van der Waals surface area contributed by atoms with Crippen LogP contribution in [0.3, 0.4) is 0 Å². The lowest BCUT2D eigenvalue weighted by Gasteiger charge is -2.30. The normalized spacial score (nSPS) is 15.8. The molecule has 6 heteroatoms. The van der Waals surface area contributed by atoms with Gasteiger partial charge in [0.05, 0.1) is 14.2 Å². The van der Waals surface area contributed by atoms with E-state index in [0.29, 0.717) is 16.6 Å². The first-order valence-electron chi connectivity index (χ1n) is 8.61. The van der Waals surface area contributed by atoms with E-state index >= 15 is 0 Å². The first-order valence-corrected chi connectivity index (χ1v) is 9.02. The monoisotopic (exact) mass is 351 g/mol. The second-order valence-electron chi connectivity index (χ2n) is 6.33. The van der Waals surface area contributed by atoms with E-state index in [2.05, 4.69) is 22.5 Å². The molecule has 1 aliphatic heterocycles. The van der Waals surface area contributed by atoms with Crippen molar-refractivity contribution in [3.05, 3.63) is 18.2 Å². The van der Waals surface area contributed by atoms with E-state index < -0.39 is 0 Å². The van der Waals surface area contributed by atoms with E-state index in [-0.39, 0.29) is 0 Å². The van der Waals surface area contributed by atoms with Crippen molar-refractivity contribution >= 4 is 23.0 Å². The van der Waals surface area contributed by atoms with Crippen LogP contribution in [0.15, 0.2) is 18.2 Å². The van der Waals surface area contributed by atoms with Gasteiger partial charge in [0.2, 0.25) is 0 Å². The van der Waals surface area contributed by atoms with Gasteiger partial charge in [0.15, 0.2) is 16.6 Å². The molecule has 0 bridgehead atoms. The van der Waals surface area contributed by atoms with Crippen LogP contribution in [0.4, 0.5) is 5.69 Å². The van der Waals surface area contributed by atoms with E-state index in [9.17, 15) is 0 Å². The highest BCUT2D eigenvalue weighted by Crippen LogP contribution is 2.29. The summed E-state index contributed by atoms with van der Waals surface area (Å²) < 4.78 is 10.5. The van der Waals surface area contributed by atoms with Crippen LogP contribution in [-0.2, 0) is 0 Å². The number of benzene rings is 1. The molecular weight excluding hydrogens is 322 g/mol. The second kappa shape index (κ2) is 9.69. The Balaban J connectivity index is 1.68. The SMILES string of the molecule is COc1ccc(NC(=S)NCCCN2CCC(C)CC2)cc1OC. The van der Waals surface area contributed by atoms with Crippen molar-refractivity contribution in [3.63, 3.8) is 0 Å². The van der Waals surface area contributed by atoms with Crippen molar-refractivity contribution in [2.24, 2.45) is 5.92 Å². The summed E-state index contributed by atoms with van der Waals surface area (Å²) in [5.74, 6) is 2.28. The minimum atomic E-state index is 0.634. The smallest absolute Gasteiger partial charge is 0.170 e. The zero-order valence-electron chi connectivity index (χ0n) is 14.9. The fourth-order valence-electron chi connectivity index (χ4n) is 2.88. The van der Waals surface area contributed by atoms with Crippen LogP contribution in [0.5, 0.6) is 11.5 Å². The fraction of sp³-hybridized carbons (Fsp3) is 0.611. The molecule has 134 valence electrons. The number of ether oxygens (including phenoxy) is 2. The average Bonchev–Trinajstić information content (AvgIpc) is 2.60. The third-order valence-corrected chi connectivity index (χ3v) is 4.70. The van der Waals surface area contributed by atoms with Gasteiger partial charge in [-0.15, -0.1) is 0 Å². The second-order valence-corrected chi connectivity index (χ2v) is 6.74. The van der Waals surface area contributed by atoms with E-state index in [0.717, 1.165) is 31.1 Å². The molecule has 0 aromatic heterocycles. The van der Waals surface area contributed by atoms with Crippen molar-refractivity contribution in [2.75, 3.05) is 45.7 Å². The Morgan fingerprint density at radius 2 is 1.92 bits per heavy atom. The van der Waals surface area contributed by atoms with Gasteiger partial charge in [-0.1, -0.05) is 6.92 Å². The molecule has 0 spiro atoms. The number of anilines is 1. The largest absolute Gasteiger partial charge is 0.493 e. The van der Waals surface area contributed by atoms with Crippen LogP contribution in [0.25, 0.3) is 0 Å². The summed E-state index contributed by atoms with van der Waals surface area (Å²) in [6, 6.07) is 5.66. The minimum Gasteiger partial charge on any atom is -0.493 e. The number of methoxy groups -OCH3 is 2. The van der Waals surface area contributed by atoms with Gasteiger partial charge >= 0.3 is 0 Å². The highest BCUT2D eigenvalue weighted by Gasteiger charge is 2.14. The Morgan fingerprint density at radius 1 is 1.21 bits per heavy atom. The molecule has 0 amide bonds. The standard InChI is InChI=1S/C18H29N3O2S/c1-14-7-11-21(12-8-14)10-4-9-19-18(24)20-15-5-6-16(22-2)17(13-15)23-3/h5-6,13-14H,4,7-12H2,1-3H3,(H2,19,20,24). The molecule has 0 atom stereocenters. The Labute approximate surface area is 150 Å². The number of nitrogens with zero attached hydrogens (tertiary/aromatic N) is 1. The first kappa shape index (κ1) is 18.8. The average molecular weight is 352 g/mol.